The van der Waals surface area contributed by atoms with Crippen molar-refractivity contribution in [3.63, 3.8) is 0 Å². The minimum atomic E-state index is -0.398. The molecule has 1 aliphatic carbocycles. The molecule has 6 heteroatoms. The van der Waals surface area contributed by atoms with Gasteiger partial charge in [-0.1, -0.05) is 6.07 Å². The van der Waals surface area contributed by atoms with Gasteiger partial charge >= 0.3 is 0 Å². The van der Waals surface area contributed by atoms with E-state index in [4.69, 9.17) is 4.74 Å². The molecule has 0 spiro atoms. The Balaban J connectivity index is 1.44. The highest BCUT2D eigenvalue weighted by Crippen LogP contribution is 2.40. The van der Waals surface area contributed by atoms with Gasteiger partial charge in [-0.3, -0.25) is 4.79 Å². The Morgan fingerprint density at radius 2 is 2.16 bits per heavy atom. The monoisotopic (exact) mass is 339 g/mol. The van der Waals surface area contributed by atoms with Crippen LogP contribution in [0.1, 0.15) is 24.6 Å². The van der Waals surface area contributed by atoms with E-state index in [1.165, 1.54) is 31.0 Å². The highest BCUT2D eigenvalue weighted by Gasteiger charge is 2.28. The summed E-state index contributed by atoms with van der Waals surface area (Å²) in [6.07, 6.45) is 2.39. The van der Waals surface area contributed by atoms with Gasteiger partial charge < -0.3 is 14.6 Å². The number of nitrogens with one attached hydrogen (secondary N) is 1. The Morgan fingerprint density at radius 1 is 1.32 bits per heavy atom. The topological polar surface area (TPSA) is 56.2 Å². The Morgan fingerprint density at radius 3 is 2.92 bits per heavy atom. The molecule has 3 aromatic rings. The number of carbonyl (C=O) groups is 1. The van der Waals surface area contributed by atoms with E-state index in [0.717, 1.165) is 16.9 Å². The zero-order valence-electron chi connectivity index (χ0n) is 13.8. The molecule has 0 atom stereocenters. The van der Waals surface area contributed by atoms with E-state index in [2.05, 4.69) is 14.9 Å². The van der Waals surface area contributed by atoms with Crippen molar-refractivity contribution in [1.29, 1.82) is 0 Å². The van der Waals surface area contributed by atoms with Crippen LogP contribution < -0.4 is 10.1 Å². The first kappa shape index (κ1) is 15.6. The fraction of sp³-hybridized carbons (Fsp3) is 0.263. The predicted molar refractivity (Wildman–Crippen MR) is 93.2 cm³/mol. The van der Waals surface area contributed by atoms with Crippen LogP contribution in [0.15, 0.2) is 42.5 Å². The molecule has 1 fully saturated rings. The number of imidazole rings is 1. The second kappa shape index (κ2) is 6.20. The average Bonchev–Trinajstić information content (AvgIpc) is 3.38. The van der Waals surface area contributed by atoms with Crippen LogP contribution in [-0.4, -0.2) is 22.1 Å². The number of amides is 1. The normalized spacial score (nSPS) is 13.8. The van der Waals surface area contributed by atoms with E-state index in [0.29, 0.717) is 17.4 Å². The molecule has 0 unspecified atom stereocenters. The summed E-state index contributed by atoms with van der Waals surface area (Å²) in [6, 6.07) is 11.4. The van der Waals surface area contributed by atoms with E-state index >= 15 is 0 Å². The van der Waals surface area contributed by atoms with Crippen molar-refractivity contribution in [1.82, 2.24) is 9.55 Å². The number of hydrogen-bond acceptors (Lipinski definition) is 3. The van der Waals surface area contributed by atoms with Crippen molar-refractivity contribution in [3.05, 3.63) is 54.1 Å². The van der Waals surface area contributed by atoms with Gasteiger partial charge in [-0.2, -0.15) is 0 Å². The van der Waals surface area contributed by atoms with E-state index in [1.54, 1.807) is 6.07 Å². The largest absolute Gasteiger partial charge is 0.484 e. The van der Waals surface area contributed by atoms with Gasteiger partial charge in [0.1, 0.15) is 17.4 Å². The van der Waals surface area contributed by atoms with E-state index in [1.807, 2.05) is 25.2 Å². The Kier molecular flexibility index (Phi) is 3.87. The van der Waals surface area contributed by atoms with Crippen molar-refractivity contribution in [2.75, 3.05) is 11.9 Å². The zero-order valence-corrected chi connectivity index (χ0v) is 13.8. The lowest BCUT2D eigenvalue weighted by Crippen LogP contribution is -2.20. The third-order valence-electron chi connectivity index (χ3n) is 4.31. The zero-order chi connectivity index (χ0) is 17.4. The maximum Gasteiger partial charge on any atom is 0.262 e. The molecule has 1 heterocycles. The van der Waals surface area contributed by atoms with Crippen LogP contribution in [0, 0.1) is 5.82 Å². The summed E-state index contributed by atoms with van der Waals surface area (Å²) >= 11 is 0. The number of halogens is 1. The predicted octanol–water partition coefficient (Wildman–Crippen LogP) is 3.61. The van der Waals surface area contributed by atoms with Crippen LogP contribution in [0.25, 0.3) is 11.0 Å². The van der Waals surface area contributed by atoms with E-state index in [9.17, 15) is 9.18 Å². The molecular formula is C19H18FN3O2. The third-order valence-corrected chi connectivity index (χ3v) is 4.31. The average molecular weight is 339 g/mol. The van der Waals surface area contributed by atoms with Gasteiger partial charge in [-0.25, -0.2) is 9.37 Å². The number of carbonyl (C=O) groups excluding carboxylic acids is 1. The van der Waals surface area contributed by atoms with Crippen molar-refractivity contribution < 1.29 is 13.9 Å². The molecule has 4 rings (SSSR count). The minimum absolute atomic E-state index is 0.183. The summed E-state index contributed by atoms with van der Waals surface area (Å²) in [4.78, 5) is 16.7. The van der Waals surface area contributed by atoms with Gasteiger partial charge in [-0.05, 0) is 43.2 Å². The number of hydrogen-bond donors (Lipinski definition) is 1. The molecule has 25 heavy (non-hydrogen) atoms. The first-order valence-corrected chi connectivity index (χ1v) is 8.25. The number of aryl methyl sites for hydroxylation is 1. The van der Waals surface area contributed by atoms with Crippen LogP contribution in [0.3, 0.4) is 0 Å². The number of anilines is 1. The molecular weight excluding hydrogens is 321 g/mol. The van der Waals surface area contributed by atoms with Crippen molar-refractivity contribution in [2.45, 2.75) is 18.8 Å². The van der Waals surface area contributed by atoms with Crippen molar-refractivity contribution in [3.8, 4) is 5.75 Å². The van der Waals surface area contributed by atoms with Crippen molar-refractivity contribution >= 4 is 22.6 Å². The Hall–Kier alpha value is -2.89. The lowest BCUT2D eigenvalue weighted by Gasteiger charge is -2.08. The number of rotatable bonds is 5. The standard InChI is InChI=1S/C19H18FN3O2/c1-23-17-8-7-14(10-16(17)22-19(23)12-5-6-12)21-18(24)11-25-15-4-2-3-13(20)9-15/h2-4,7-10,12H,5-6,11H2,1H3,(H,21,24). The van der Waals surface area contributed by atoms with Crippen LogP contribution in [0.4, 0.5) is 10.1 Å². The minimum Gasteiger partial charge on any atom is -0.484 e. The number of benzene rings is 2. The SMILES string of the molecule is Cn1c(C2CC2)nc2cc(NC(=O)COc3cccc(F)c3)ccc21. The molecule has 1 amide bonds. The lowest BCUT2D eigenvalue weighted by molar-refractivity contribution is -0.118. The summed E-state index contributed by atoms with van der Waals surface area (Å²) < 4.78 is 20.5. The fourth-order valence-corrected chi connectivity index (χ4v) is 2.91. The second-order valence-electron chi connectivity index (χ2n) is 6.30. The van der Waals surface area contributed by atoms with Crippen LogP contribution >= 0.6 is 0 Å². The van der Waals surface area contributed by atoms with Gasteiger partial charge in [0.25, 0.3) is 5.91 Å². The van der Waals surface area contributed by atoms with Crippen molar-refractivity contribution in [2.24, 2.45) is 7.05 Å². The summed E-state index contributed by atoms with van der Waals surface area (Å²) in [5, 5.41) is 2.79. The maximum absolute atomic E-state index is 13.1. The van der Waals surface area contributed by atoms with Crippen LogP contribution in [-0.2, 0) is 11.8 Å². The van der Waals surface area contributed by atoms with Gasteiger partial charge in [0.2, 0.25) is 0 Å². The number of aromatic nitrogens is 2. The molecule has 2 aromatic carbocycles. The molecule has 128 valence electrons. The fourth-order valence-electron chi connectivity index (χ4n) is 2.91. The maximum atomic E-state index is 13.1. The number of ether oxygens (including phenoxy) is 1. The highest BCUT2D eigenvalue weighted by molar-refractivity contribution is 5.94. The molecule has 1 N–H and O–H groups in total. The number of fused-ring (bicyclic) bond motifs is 1. The summed E-state index contributed by atoms with van der Waals surface area (Å²) in [5.41, 5.74) is 2.59. The smallest absolute Gasteiger partial charge is 0.262 e. The molecule has 0 saturated heterocycles. The molecule has 1 saturated carbocycles. The lowest BCUT2D eigenvalue weighted by atomic mass is 10.2. The van der Waals surface area contributed by atoms with Gasteiger partial charge in [0, 0.05) is 24.7 Å². The highest BCUT2D eigenvalue weighted by atomic mass is 19.1. The van der Waals surface area contributed by atoms with Gasteiger partial charge in [0.05, 0.1) is 11.0 Å². The second-order valence-corrected chi connectivity index (χ2v) is 6.30. The number of nitrogens with zero attached hydrogens (tertiary/aromatic N) is 2. The van der Waals surface area contributed by atoms with E-state index < -0.39 is 5.82 Å². The Bertz CT molecular complexity index is 947. The van der Waals surface area contributed by atoms with Crippen LogP contribution in [0.5, 0.6) is 5.75 Å². The van der Waals surface area contributed by atoms with Gasteiger partial charge in [0.15, 0.2) is 6.61 Å². The molecule has 0 aliphatic heterocycles. The van der Waals surface area contributed by atoms with E-state index in [-0.39, 0.29) is 12.5 Å². The first-order chi connectivity index (χ1) is 12.1. The van der Waals surface area contributed by atoms with Crippen LogP contribution in [0.2, 0.25) is 0 Å². The molecule has 1 aromatic heterocycles. The summed E-state index contributed by atoms with van der Waals surface area (Å²) in [5.74, 6) is 1.29. The summed E-state index contributed by atoms with van der Waals surface area (Å²) in [7, 11) is 2.02. The Labute approximate surface area is 144 Å². The molecule has 5 nitrogen and oxygen atoms in total. The van der Waals surface area contributed by atoms with Gasteiger partial charge in [-0.15, -0.1) is 0 Å². The molecule has 0 bridgehead atoms. The molecule has 0 radical (unpaired) electrons. The third kappa shape index (κ3) is 3.33. The summed E-state index contributed by atoms with van der Waals surface area (Å²) in [6.45, 7) is -0.183. The molecule has 1 aliphatic rings. The first-order valence-electron chi connectivity index (χ1n) is 8.25. The quantitative estimate of drug-likeness (QED) is 0.773.